The van der Waals surface area contributed by atoms with Gasteiger partial charge in [-0.1, -0.05) is 0 Å². The van der Waals surface area contributed by atoms with Gasteiger partial charge in [0.1, 0.15) is 49.3 Å². The minimum absolute atomic E-state index is 0.116. The summed E-state index contributed by atoms with van der Waals surface area (Å²) in [4.78, 5) is 0. The summed E-state index contributed by atoms with van der Waals surface area (Å²) in [6, 6.07) is 0. The smallest absolute Gasteiger partial charge is 0.221 e. The van der Waals surface area contributed by atoms with Gasteiger partial charge in [0, 0.05) is 6.61 Å². The van der Waals surface area contributed by atoms with Crippen molar-refractivity contribution in [1.29, 1.82) is 0 Å². The van der Waals surface area contributed by atoms with Crippen LogP contribution in [-0.4, -0.2) is 117 Å². The molecule has 2 aliphatic heterocycles. The predicted octanol–water partition coefficient (Wildman–Crippen LogP) is -4.35. The lowest BCUT2D eigenvalue weighted by Gasteiger charge is -2.39. The molecule has 0 aliphatic carbocycles. The van der Waals surface area contributed by atoms with E-state index >= 15 is 0 Å². The van der Waals surface area contributed by atoms with E-state index in [-0.39, 0.29) is 13.2 Å². The summed E-state index contributed by atoms with van der Waals surface area (Å²) >= 11 is 0. The van der Waals surface area contributed by atoms with Crippen molar-refractivity contribution in [3.8, 4) is 0 Å². The Bertz CT molecular complexity index is 422. The van der Waals surface area contributed by atoms with Gasteiger partial charge in [-0.25, -0.2) is 0 Å². The largest absolute Gasteiger partial charge is 0.394 e. The van der Waals surface area contributed by atoms with E-state index in [2.05, 4.69) is 0 Å². The predicted molar refractivity (Wildman–Crippen MR) is 78.0 cm³/mol. The summed E-state index contributed by atoms with van der Waals surface area (Å²) < 4.78 is 21.0. The second-order valence-electron chi connectivity index (χ2n) is 6.03. The van der Waals surface area contributed by atoms with Crippen LogP contribution in [0, 0.1) is 0 Å². The fourth-order valence-electron chi connectivity index (χ4n) is 2.93. The van der Waals surface area contributed by atoms with Gasteiger partial charge in [0.25, 0.3) is 0 Å². The van der Waals surface area contributed by atoms with Gasteiger partial charge in [-0.2, -0.15) is 0 Å². The van der Waals surface area contributed by atoms with Crippen molar-refractivity contribution in [2.75, 3.05) is 26.4 Å². The SMILES string of the molecule is CCO[C@@]1(CO)O[C@H](CO[C@H]2O[C@H](CO)[C@@H](O)[C@H](O)[C@H]2O)[C@@H](O)[C@@H]1O. The first-order valence-electron chi connectivity index (χ1n) is 8.02. The van der Waals surface area contributed by atoms with Crippen LogP contribution in [0.15, 0.2) is 0 Å². The third kappa shape index (κ3) is 3.96. The van der Waals surface area contributed by atoms with Gasteiger partial charge in [0.15, 0.2) is 6.29 Å². The van der Waals surface area contributed by atoms with Crippen LogP contribution in [-0.2, 0) is 18.9 Å². The van der Waals surface area contributed by atoms with Crippen LogP contribution < -0.4 is 0 Å². The van der Waals surface area contributed by atoms with Crippen molar-refractivity contribution in [2.45, 2.75) is 61.7 Å². The Labute approximate surface area is 143 Å². The number of rotatable bonds is 7. The Morgan fingerprint density at radius 2 is 1.60 bits per heavy atom. The molecule has 2 heterocycles. The molecule has 11 nitrogen and oxygen atoms in total. The number of ether oxygens (including phenoxy) is 4. The molecule has 0 aromatic carbocycles. The first kappa shape index (κ1) is 20.9. The zero-order valence-corrected chi connectivity index (χ0v) is 13.7. The average molecular weight is 370 g/mol. The summed E-state index contributed by atoms with van der Waals surface area (Å²) in [7, 11) is 0. The minimum atomic E-state index is -1.79. The Kier molecular flexibility index (Phi) is 7.09. The highest BCUT2D eigenvalue weighted by molar-refractivity contribution is 4.97. The van der Waals surface area contributed by atoms with Gasteiger partial charge in [0.05, 0.1) is 13.2 Å². The molecular formula is C14H26O11. The molecule has 0 amide bonds. The third-order valence-electron chi connectivity index (χ3n) is 4.39. The van der Waals surface area contributed by atoms with Gasteiger partial charge >= 0.3 is 0 Å². The van der Waals surface area contributed by atoms with E-state index in [1.54, 1.807) is 6.92 Å². The van der Waals surface area contributed by atoms with Crippen molar-refractivity contribution >= 4 is 0 Å². The van der Waals surface area contributed by atoms with Crippen molar-refractivity contribution in [2.24, 2.45) is 0 Å². The molecule has 0 radical (unpaired) electrons. The van der Waals surface area contributed by atoms with Crippen molar-refractivity contribution < 1.29 is 54.7 Å². The molecule has 2 rings (SSSR count). The zero-order valence-electron chi connectivity index (χ0n) is 13.7. The molecule has 11 heteroatoms. The molecular weight excluding hydrogens is 344 g/mol. The molecule has 0 saturated carbocycles. The van der Waals surface area contributed by atoms with Gasteiger partial charge in [-0.3, -0.25) is 0 Å². The molecule has 0 bridgehead atoms. The zero-order chi connectivity index (χ0) is 18.8. The Hall–Kier alpha value is -0.440. The maximum Gasteiger partial charge on any atom is 0.221 e. The van der Waals surface area contributed by atoms with Gasteiger partial charge in [0.2, 0.25) is 5.79 Å². The lowest BCUT2D eigenvalue weighted by Crippen LogP contribution is -2.59. The third-order valence-corrected chi connectivity index (χ3v) is 4.39. The molecule has 9 atom stereocenters. The van der Waals surface area contributed by atoms with Crippen LogP contribution in [0.5, 0.6) is 0 Å². The van der Waals surface area contributed by atoms with Crippen molar-refractivity contribution in [1.82, 2.24) is 0 Å². The maximum absolute atomic E-state index is 10.1. The molecule has 2 aliphatic rings. The number of aliphatic hydroxyl groups excluding tert-OH is 7. The number of hydrogen-bond acceptors (Lipinski definition) is 11. The second-order valence-corrected chi connectivity index (χ2v) is 6.03. The molecule has 2 fully saturated rings. The van der Waals surface area contributed by atoms with E-state index in [0.717, 1.165) is 0 Å². The summed E-state index contributed by atoms with van der Waals surface area (Å²) in [5, 5.41) is 68.0. The molecule has 0 aromatic rings. The van der Waals surface area contributed by atoms with Gasteiger partial charge in [-0.05, 0) is 6.92 Å². The summed E-state index contributed by atoms with van der Waals surface area (Å²) in [5.41, 5.74) is 0. The lowest BCUT2D eigenvalue weighted by atomic mass is 9.99. The van der Waals surface area contributed by atoms with E-state index in [4.69, 9.17) is 24.1 Å². The molecule has 148 valence electrons. The lowest BCUT2D eigenvalue weighted by molar-refractivity contribution is -0.313. The molecule has 2 saturated heterocycles. The van der Waals surface area contributed by atoms with Crippen LogP contribution in [0.2, 0.25) is 0 Å². The van der Waals surface area contributed by atoms with Crippen molar-refractivity contribution in [3.63, 3.8) is 0 Å². The topological polar surface area (TPSA) is 179 Å². The molecule has 0 aromatic heterocycles. The monoisotopic (exact) mass is 370 g/mol. The van der Waals surface area contributed by atoms with E-state index < -0.39 is 68.0 Å². The Morgan fingerprint density at radius 3 is 2.16 bits per heavy atom. The highest BCUT2D eigenvalue weighted by Crippen LogP contribution is 2.33. The highest BCUT2D eigenvalue weighted by Gasteiger charge is 2.55. The van der Waals surface area contributed by atoms with Crippen LogP contribution in [0.1, 0.15) is 6.92 Å². The normalized spacial score (nSPS) is 48.0. The van der Waals surface area contributed by atoms with Crippen LogP contribution in [0.25, 0.3) is 0 Å². The average Bonchev–Trinajstić information content (AvgIpc) is 2.85. The van der Waals surface area contributed by atoms with E-state index in [0.29, 0.717) is 0 Å². The van der Waals surface area contributed by atoms with E-state index in [9.17, 15) is 30.6 Å². The van der Waals surface area contributed by atoms with Gasteiger partial charge in [-0.15, -0.1) is 0 Å². The molecule has 7 N–H and O–H groups in total. The maximum atomic E-state index is 10.1. The van der Waals surface area contributed by atoms with Gasteiger partial charge < -0.3 is 54.7 Å². The minimum Gasteiger partial charge on any atom is -0.394 e. The van der Waals surface area contributed by atoms with Crippen LogP contribution >= 0.6 is 0 Å². The first-order chi connectivity index (χ1) is 11.8. The molecule has 25 heavy (non-hydrogen) atoms. The second kappa shape index (κ2) is 8.50. The summed E-state index contributed by atoms with van der Waals surface area (Å²) in [6.07, 6.45) is -11.3. The fourth-order valence-corrected chi connectivity index (χ4v) is 2.93. The fraction of sp³-hybridized carbons (Fsp3) is 1.00. The van der Waals surface area contributed by atoms with Crippen molar-refractivity contribution in [3.05, 3.63) is 0 Å². The quantitative estimate of drug-likeness (QED) is 0.230. The molecule has 0 spiro atoms. The van der Waals surface area contributed by atoms with E-state index in [1.807, 2.05) is 0 Å². The standard InChI is InChI=1S/C14H26O11/c1-2-23-14(5-16)12(21)9(18)7(25-14)4-22-13-11(20)10(19)8(17)6(3-15)24-13/h6-13,15-21H,2-5H2,1H3/t6-,7-,8-,9-,10+,11-,12+,13+,14+/m1/s1. The van der Waals surface area contributed by atoms with E-state index in [1.165, 1.54) is 0 Å². The Morgan fingerprint density at radius 1 is 0.920 bits per heavy atom. The Balaban J connectivity index is 1.98. The van der Waals surface area contributed by atoms with Crippen LogP contribution in [0.3, 0.4) is 0 Å². The van der Waals surface area contributed by atoms with Crippen LogP contribution in [0.4, 0.5) is 0 Å². The highest BCUT2D eigenvalue weighted by atomic mass is 16.8. The summed E-state index contributed by atoms with van der Waals surface area (Å²) in [6.45, 7) is 0.0532. The first-order valence-corrected chi connectivity index (χ1v) is 8.02. The molecule has 0 unspecified atom stereocenters. The number of aliphatic hydroxyl groups is 7. The summed E-state index contributed by atoms with van der Waals surface area (Å²) in [5.74, 6) is -1.79. The number of hydrogen-bond donors (Lipinski definition) is 7.